The summed E-state index contributed by atoms with van der Waals surface area (Å²) in [6.45, 7) is 4.65. The van der Waals surface area contributed by atoms with Crippen molar-refractivity contribution in [2.45, 2.75) is 19.8 Å². The molecule has 0 saturated heterocycles. The van der Waals surface area contributed by atoms with E-state index in [0.29, 0.717) is 0 Å². The van der Waals surface area contributed by atoms with Crippen LogP contribution in [0.15, 0.2) is 48.5 Å². The molecule has 0 heterocycles. The number of anilines is 2. The molecule has 0 bridgehead atoms. The molecule has 0 aliphatic carbocycles. The number of rotatable bonds is 10. The molecule has 0 unspecified atom stereocenters. The van der Waals surface area contributed by atoms with Gasteiger partial charge in [0.15, 0.2) is 0 Å². The molecule has 0 aromatic heterocycles. The van der Waals surface area contributed by atoms with Crippen molar-refractivity contribution in [2.75, 3.05) is 37.4 Å². The van der Waals surface area contributed by atoms with Crippen LogP contribution in [0.5, 0.6) is 11.5 Å². The van der Waals surface area contributed by atoms with Crippen LogP contribution >= 0.6 is 0 Å². The van der Waals surface area contributed by atoms with Crippen LogP contribution in [0.3, 0.4) is 0 Å². The summed E-state index contributed by atoms with van der Waals surface area (Å²) < 4.78 is 10.8. The topological polar surface area (TPSA) is 42.5 Å². The van der Waals surface area contributed by atoms with Gasteiger partial charge in [0.1, 0.15) is 11.5 Å². The van der Waals surface area contributed by atoms with Gasteiger partial charge in [0.2, 0.25) is 0 Å². The van der Waals surface area contributed by atoms with E-state index in [1.807, 2.05) is 36.4 Å². The molecule has 0 fully saturated rings. The van der Waals surface area contributed by atoms with Crippen molar-refractivity contribution in [3.05, 3.63) is 48.5 Å². The highest BCUT2D eigenvalue weighted by atomic mass is 16.5. The average Bonchev–Trinajstić information content (AvgIpc) is 2.61. The average molecular weight is 314 g/mol. The lowest BCUT2D eigenvalue weighted by atomic mass is 10.3. The predicted octanol–water partition coefficient (Wildman–Crippen LogP) is 4.40. The van der Waals surface area contributed by atoms with Gasteiger partial charge in [-0.05, 0) is 55.0 Å². The van der Waals surface area contributed by atoms with E-state index in [9.17, 15) is 0 Å². The second-order valence-corrected chi connectivity index (χ2v) is 5.31. The molecular formula is C19H26N2O2. The zero-order chi connectivity index (χ0) is 16.3. The van der Waals surface area contributed by atoms with E-state index in [1.54, 1.807) is 7.11 Å². The van der Waals surface area contributed by atoms with Crippen molar-refractivity contribution in [3.63, 3.8) is 0 Å². The van der Waals surface area contributed by atoms with Gasteiger partial charge >= 0.3 is 0 Å². The van der Waals surface area contributed by atoms with E-state index in [2.05, 4.69) is 29.7 Å². The monoisotopic (exact) mass is 314 g/mol. The van der Waals surface area contributed by atoms with E-state index < -0.39 is 0 Å². The summed E-state index contributed by atoms with van der Waals surface area (Å²) >= 11 is 0. The highest BCUT2D eigenvalue weighted by molar-refractivity contribution is 5.48. The maximum Gasteiger partial charge on any atom is 0.119 e. The maximum atomic E-state index is 5.65. The van der Waals surface area contributed by atoms with Crippen LogP contribution < -0.4 is 20.1 Å². The van der Waals surface area contributed by atoms with Crippen LogP contribution in [0.1, 0.15) is 19.8 Å². The minimum absolute atomic E-state index is 0.787. The Morgan fingerprint density at radius 3 is 1.78 bits per heavy atom. The molecule has 2 rings (SSSR count). The summed E-state index contributed by atoms with van der Waals surface area (Å²) in [5.41, 5.74) is 2.19. The smallest absolute Gasteiger partial charge is 0.119 e. The molecule has 0 saturated carbocycles. The molecule has 23 heavy (non-hydrogen) atoms. The van der Waals surface area contributed by atoms with Crippen LogP contribution in [-0.4, -0.2) is 26.8 Å². The third-order valence-electron chi connectivity index (χ3n) is 3.49. The Balaban J connectivity index is 1.67. The number of methoxy groups -OCH3 is 1. The van der Waals surface area contributed by atoms with Gasteiger partial charge in [0.05, 0.1) is 13.7 Å². The number of nitrogens with one attached hydrogen (secondary N) is 2. The van der Waals surface area contributed by atoms with Crippen molar-refractivity contribution < 1.29 is 9.47 Å². The molecule has 0 aliphatic heterocycles. The fourth-order valence-electron chi connectivity index (χ4n) is 2.13. The molecule has 2 N–H and O–H groups in total. The molecule has 0 spiro atoms. The highest BCUT2D eigenvalue weighted by Crippen LogP contribution is 2.16. The summed E-state index contributed by atoms with van der Waals surface area (Å²) in [6, 6.07) is 16.1. The highest BCUT2D eigenvalue weighted by Gasteiger charge is 1.96. The zero-order valence-corrected chi connectivity index (χ0v) is 14.0. The quantitative estimate of drug-likeness (QED) is 0.638. The Labute approximate surface area is 138 Å². The molecule has 2 aromatic carbocycles. The summed E-state index contributed by atoms with van der Waals surface area (Å²) in [6.07, 6.45) is 2.25. The first-order valence-electron chi connectivity index (χ1n) is 8.16. The lowest BCUT2D eigenvalue weighted by Gasteiger charge is -2.10. The number of ether oxygens (including phenoxy) is 2. The summed E-state index contributed by atoms with van der Waals surface area (Å²) in [4.78, 5) is 0. The minimum atomic E-state index is 0.787. The Morgan fingerprint density at radius 2 is 1.30 bits per heavy atom. The molecule has 2 aromatic rings. The van der Waals surface area contributed by atoms with Crippen LogP contribution in [0.25, 0.3) is 0 Å². The van der Waals surface area contributed by atoms with Gasteiger partial charge in [0.25, 0.3) is 0 Å². The van der Waals surface area contributed by atoms with Crippen molar-refractivity contribution in [2.24, 2.45) is 0 Å². The Morgan fingerprint density at radius 1 is 0.783 bits per heavy atom. The minimum Gasteiger partial charge on any atom is -0.497 e. The Bertz CT molecular complexity index is 553. The molecule has 4 nitrogen and oxygen atoms in total. The van der Waals surface area contributed by atoms with E-state index in [1.165, 1.54) is 0 Å². The lowest BCUT2D eigenvalue weighted by Crippen LogP contribution is -2.13. The first-order chi connectivity index (χ1) is 11.3. The first kappa shape index (κ1) is 17.0. The molecular weight excluding hydrogens is 288 g/mol. The van der Waals surface area contributed by atoms with E-state index in [0.717, 1.165) is 55.4 Å². The fourth-order valence-corrected chi connectivity index (χ4v) is 2.13. The number of unbranched alkanes of at least 4 members (excludes halogenated alkanes) is 1. The summed E-state index contributed by atoms with van der Waals surface area (Å²) in [7, 11) is 1.67. The molecule has 124 valence electrons. The van der Waals surface area contributed by atoms with Crippen LogP contribution in [-0.2, 0) is 0 Å². The van der Waals surface area contributed by atoms with Crippen LogP contribution in [0.4, 0.5) is 11.4 Å². The predicted molar refractivity (Wildman–Crippen MR) is 96.8 cm³/mol. The van der Waals surface area contributed by atoms with E-state index in [4.69, 9.17) is 9.47 Å². The second kappa shape index (κ2) is 9.62. The molecule has 0 radical (unpaired) electrons. The van der Waals surface area contributed by atoms with Crippen LogP contribution in [0, 0.1) is 0 Å². The first-order valence-corrected chi connectivity index (χ1v) is 8.16. The van der Waals surface area contributed by atoms with Crippen molar-refractivity contribution in [3.8, 4) is 11.5 Å². The largest absolute Gasteiger partial charge is 0.497 e. The molecule has 0 atom stereocenters. The van der Waals surface area contributed by atoms with Gasteiger partial charge < -0.3 is 20.1 Å². The summed E-state index contributed by atoms with van der Waals surface area (Å²) in [5.74, 6) is 1.80. The standard InChI is InChI=1S/C19H26N2O2/c1-3-4-15-23-19-11-7-17(8-12-19)21-14-13-20-16-5-9-18(22-2)10-6-16/h5-12,20-21H,3-4,13-15H2,1-2H3. The van der Waals surface area contributed by atoms with Gasteiger partial charge in [-0.2, -0.15) is 0 Å². The SMILES string of the molecule is CCCCOc1ccc(NCCNc2ccc(OC)cc2)cc1. The van der Waals surface area contributed by atoms with E-state index in [-0.39, 0.29) is 0 Å². The van der Waals surface area contributed by atoms with E-state index >= 15 is 0 Å². The zero-order valence-electron chi connectivity index (χ0n) is 14.0. The maximum absolute atomic E-state index is 5.65. The van der Waals surface area contributed by atoms with Crippen molar-refractivity contribution in [1.29, 1.82) is 0 Å². The Kier molecular flexibility index (Phi) is 7.11. The fraction of sp³-hybridized carbons (Fsp3) is 0.368. The molecule has 4 heteroatoms. The van der Waals surface area contributed by atoms with Gasteiger partial charge in [-0.3, -0.25) is 0 Å². The Hall–Kier alpha value is -2.36. The number of benzene rings is 2. The number of hydrogen-bond donors (Lipinski definition) is 2. The number of hydrogen-bond acceptors (Lipinski definition) is 4. The van der Waals surface area contributed by atoms with Gasteiger partial charge in [-0.25, -0.2) is 0 Å². The second-order valence-electron chi connectivity index (χ2n) is 5.31. The van der Waals surface area contributed by atoms with Gasteiger partial charge in [-0.1, -0.05) is 13.3 Å². The van der Waals surface area contributed by atoms with Crippen molar-refractivity contribution in [1.82, 2.24) is 0 Å². The van der Waals surface area contributed by atoms with Crippen LogP contribution in [0.2, 0.25) is 0 Å². The lowest BCUT2D eigenvalue weighted by molar-refractivity contribution is 0.309. The summed E-state index contributed by atoms with van der Waals surface area (Å²) in [5, 5.41) is 6.76. The normalized spacial score (nSPS) is 10.2. The third kappa shape index (κ3) is 6.10. The van der Waals surface area contributed by atoms with Crippen molar-refractivity contribution >= 4 is 11.4 Å². The molecule has 0 aliphatic rings. The molecule has 0 amide bonds. The third-order valence-corrected chi connectivity index (χ3v) is 3.49. The van der Waals surface area contributed by atoms with Gasteiger partial charge in [0, 0.05) is 24.5 Å². The van der Waals surface area contributed by atoms with Gasteiger partial charge in [-0.15, -0.1) is 0 Å².